The standard InChI is InChI=1S/C17H18N6OS2/c1-11-3-5-13(6-4-11)22-7-8-23-16(22)20-21-17(23)26-10-14(24)19-15-18-12(2)9-25-15/h3-6,9H,7-8,10H2,1-2H3,(H,18,19,24). The Hall–Kier alpha value is -2.39. The van der Waals surface area contributed by atoms with Crippen LogP contribution in [0.4, 0.5) is 16.8 Å². The number of amides is 1. The van der Waals surface area contributed by atoms with Crippen LogP contribution in [0, 0.1) is 13.8 Å². The molecule has 7 nitrogen and oxygen atoms in total. The molecule has 3 heterocycles. The first kappa shape index (κ1) is 17.0. The minimum absolute atomic E-state index is 0.0879. The molecule has 1 aliphatic rings. The third-order valence-electron chi connectivity index (χ3n) is 4.03. The minimum atomic E-state index is -0.0879. The zero-order valence-electron chi connectivity index (χ0n) is 14.5. The van der Waals surface area contributed by atoms with Gasteiger partial charge in [0.25, 0.3) is 0 Å². The Morgan fingerprint density at radius 2 is 2.04 bits per heavy atom. The lowest BCUT2D eigenvalue weighted by molar-refractivity contribution is -0.113. The number of nitrogens with zero attached hydrogens (tertiary/aromatic N) is 5. The molecule has 26 heavy (non-hydrogen) atoms. The molecule has 1 amide bonds. The fourth-order valence-corrected chi connectivity index (χ4v) is 4.21. The van der Waals surface area contributed by atoms with Gasteiger partial charge in [0.1, 0.15) is 0 Å². The van der Waals surface area contributed by atoms with Gasteiger partial charge in [-0.05, 0) is 26.0 Å². The maximum atomic E-state index is 12.1. The van der Waals surface area contributed by atoms with Gasteiger partial charge in [-0.15, -0.1) is 21.5 Å². The average molecular weight is 387 g/mol. The van der Waals surface area contributed by atoms with Crippen molar-refractivity contribution in [3.05, 3.63) is 40.9 Å². The Bertz CT molecular complexity index is 933. The van der Waals surface area contributed by atoms with Gasteiger partial charge in [0.05, 0.1) is 11.4 Å². The van der Waals surface area contributed by atoms with Gasteiger partial charge in [-0.2, -0.15) is 0 Å². The lowest BCUT2D eigenvalue weighted by atomic mass is 10.2. The first-order chi connectivity index (χ1) is 12.6. The van der Waals surface area contributed by atoms with E-state index < -0.39 is 0 Å². The first-order valence-corrected chi connectivity index (χ1v) is 10.1. The van der Waals surface area contributed by atoms with E-state index >= 15 is 0 Å². The molecule has 0 saturated carbocycles. The van der Waals surface area contributed by atoms with E-state index in [1.165, 1.54) is 28.7 Å². The summed E-state index contributed by atoms with van der Waals surface area (Å²) in [5, 5.41) is 14.7. The largest absolute Gasteiger partial charge is 0.309 e. The van der Waals surface area contributed by atoms with Gasteiger partial charge in [-0.25, -0.2) is 4.98 Å². The summed E-state index contributed by atoms with van der Waals surface area (Å²) in [6, 6.07) is 8.37. The van der Waals surface area contributed by atoms with E-state index in [1.54, 1.807) is 0 Å². The molecule has 4 rings (SSSR count). The number of nitrogens with one attached hydrogen (secondary N) is 1. The Morgan fingerprint density at radius 1 is 1.23 bits per heavy atom. The van der Waals surface area contributed by atoms with Gasteiger partial charge in [0.2, 0.25) is 11.9 Å². The fourth-order valence-electron chi connectivity index (χ4n) is 2.75. The average Bonchev–Trinajstić information content (AvgIpc) is 3.31. The number of hydrogen-bond donors (Lipinski definition) is 1. The summed E-state index contributed by atoms with van der Waals surface area (Å²) in [5.74, 6) is 1.02. The number of benzene rings is 1. The highest BCUT2D eigenvalue weighted by atomic mass is 32.2. The van der Waals surface area contributed by atoms with Gasteiger partial charge in [-0.1, -0.05) is 29.5 Å². The number of aryl methyl sites for hydroxylation is 2. The molecule has 134 valence electrons. The number of aromatic nitrogens is 4. The molecule has 0 spiro atoms. The molecule has 0 aliphatic carbocycles. The third-order valence-corrected chi connectivity index (χ3v) is 5.87. The van der Waals surface area contributed by atoms with Crippen LogP contribution in [0.1, 0.15) is 11.3 Å². The molecule has 3 aromatic rings. The van der Waals surface area contributed by atoms with Crippen molar-refractivity contribution in [2.24, 2.45) is 0 Å². The van der Waals surface area contributed by atoms with Crippen LogP contribution in [-0.2, 0) is 11.3 Å². The highest BCUT2D eigenvalue weighted by molar-refractivity contribution is 7.99. The van der Waals surface area contributed by atoms with E-state index in [0.29, 0.717) is 5.13 Å². The highest BCUT2D eigenvalue weighted by Gasteiger charge is 2.26. The van der Waals surface area contributed by atoms with Crippen molar-refractivity contribution in [1.82, 2.24) is 19.7 Å². The molecule has 0 radical (unpaired) electrons. The molecule has 2 aromatic heterocycles. The smallest absolute Gasteiger partial charge is 0.236 e. The Morgan fingerprint density at radius 3 is 2.77 bits per heavy atom. The number of carbonyl (C=O) groups excluding carboxylic acids is 1. The van der Waals surface area contributed by atoms with E-state index in [-0.39, 0.29) is 11.7 Å². The summed E-state index contributed by atoms with van der Waals surface area (Å²) in [4.78, 5) is 18.5. The van der Waals surface area contributed by atoms with Crippen molar-refractivity contribution in [3.63, 3.8) is 0 Å². The number of thioether (sulfide) groups is 1. The topological polar surface area (TPSA) is 75.9 Å². The summed E-state index contributed by atoms with van der Waals surface area (Å²) in [5.41, 5.74) is 3.24. The molecular weight excluding hydrogens is 368 g/mol. The minimum Gasteiger partial charge on any atom is -0.309 e. The first-order valence-electron chi connectivity index (χ1n) is 8.22. The van der Waals surface area contributed by atoms with E-state index in [1.807, 2.05) is 12.3 Å². The quantitative estimate of drug-likeness (QED) is 0.679. The SMILES string of the molecule is Cc1ccc(N2CCn3c(SCC(=O)Nc4nc(C)cs4)nnc32)cc1. The lowest BCUT2D eigenvalue weighted by Crippen LogP contribution is -2.14. The fraction of sp³-hybridized carbons (Fsp3) is 0.294. The summed E-state index contributed by atoms with van der Waals surface area (Å²) >= 11 is 2.82. The monoisotopic (exact) mass is 386 g/mol. The van der Waals surface area contributed by atoms with Gasteiger partial charge in [0, 0.05) is 24.2 Å². The Labute approximate surface area is 159 Å². The van der Waals surface area contributed by atoms with E-state index in [2.05, 4.69) is 61.2 Å². The molecule has 0 atom stereocenters. The van der Waals surface area contributed by atoms with Crippen LogP contribution in [0.2, 0.25) is 0 Å². The second-order valence-electron chi connectivity index (χ2n) is 6.05. The zero-order chi connectivity index (χ0) is 18.1. The van der Waals surface area contributed by atoms with Crippen LogP contribution in [0.25, 0.3) is 0 Å². The van der Waals surface area contributed by atoms with E-state index in [4.69, 9.17) is 0 Å². The number of thiazole rings is 1. The van der Waals surface area contributed by atoms with Crippen LogP contribution in [0.5, 0.6) is 0 Å². The van der Waals surface area contributed by atoms with E-state index in [9.17, 15) is 4.79 Å². The second kappa shape index (κ2) is 7.08. The zero-order valence-corrected chi connectivity index (χ0v) is 16.1. The number of rotatable bonds is 5. The molecule has 0 bridgehead atoms. The summed E-state index contributed by atoms with van der Waals surface area (Å²) in [7, 11) is 0. The molecule has 1 aromatic carbocycles. The van der Waals surface area contributed by atoms with Crippen LogP contribution in [0.15, 0.2) is 34.8 Å². The van der Waals surface area contributed by atoms with Crippen LogP contribution < -0.4 is 10.2 Å². The number of anilines is 3. The predicted molar refractivity (Wildman–Crippen MR) is 104 cm³/mol. The number of hydrogen-bond acceptors (Lipinski definition) is 7. The van der Waals surface area contributed by atoms with Gasteiger partial charge < -0.3 is 10.2 Å². The maximum absolute atomic E-state index is 12.1. The third kappa shape index (κ3) is 3.45. The molecular formula is C17H18N6OS2. The Balaban J connectivity index is 1.41. The Kier molecular flexibility index (Phi) is 4.64. The van der Waals surface area contributed by atoms with Crippen molar-refractivity contribution >= 4 is 45.8 Å². The van der Waals surface area contributed by atoms with Crippen molar-refractivity contribution in [3.8, 4) is 0 Å². The van der Waals surface area contributed by atoms with Crippen LogP contribution in [0.3, 0.4) is 0 Å². The highest BCUT2D eigenvalue weighted by Crippen LogP contribution is 2.32. The van der Waals surface area contributed by atoms with Crippen LogP contribution in [-0.4, -0.2) is 38.0 Å². The molecule has 0 fully saturated rings. The van der Waals surface area contributed by atoms with Gasteiger partial charge in [0.15, 0.2) is 10.3 Å². The van der Waals surface area contributed by atoms with Crippen molar-refractivity contribution in [2.45, 2.75) is 25.5 Å². The number of fused-ring (bicyclic) bond motifs is 1. The number of carbonyl (C=O) groups is 1. The summed E-state index contributed by atoms with van der Waals surface area (Å²) in [6.07, 6.45) is 0. The van der Waals surface area contributed by atoms with Crippen molar-refractivity contribution in [1.29, 1.82) is 0 Å². The van der Waals surface area contributed by atoms with Crippen LogP contribution >= 0.6 is 23.1 Å². The second-order valence-corrected chi connectivity index (χ2v) is 7.85. The molecule has 0 saturated heterocycles. The molecule has 9 heteroatoms. The molecule has 1 aliphatic heterocycles. The molecule has 0 unspecified atom stereocenters. The van der Waals surface area contributed by atoms with Crippen molar-refractivity contribution in [2.75, 3.05) is 22.5 Å². The maximum Gasteiger partial charge on any atom is 0.236 e. The summed E-state index contributed by atoms with van der Waals surface area (Å²) in [6.45, 7) is 5.64. The normalized spacial score (nSPS) is 13.1. The molecule has 1 N–H and O–H groups in total. The summed E-state index contributed by atoms with van der Waals surface area (Å²) < 4.78 is 2.06. The van der Waals surface area contributed by atoms with Gasteiger partial charge in [-0.3, -0.25) is 9.36 Å². The van der Waals surface area contributed by atoms with Gasteiger partial charge >= 0.3 is 0 Å². The lowest BCUT2D eigenvalue weighted by Gasteiger charge is -2.15. The van der Waals surface area contributed by atoms with E-state index in [0.717, 1.165) is 35.6 Å². The predicted octanol–water partition coefficient (Wildman–Crippen LogP) is 3.23. The van der Waals surface area contributed by atoms with Crippen molar-refractivity contribution < 1.29 is 4.79 Å².